The summed E-state index contributed by atoms with van der Waals surface area (Å²) in [6, 6.07) is 0. The Morgan fingerprint density at radius 2 is 1.71 bits per heavy atom. The highest BCUT2D eigenvalue weighted by molar-refractivity contribution is 5.79. The zero-order chi connectivity index (χ0) is 16.5. The molecule has 21 heavy (non-hydrogen) atoms. The minimum atomic E-state index is -0.330. The molecule has 0 fully saturated rings. The SMILES string of the molecule is COC(C)(C)CCCCC(C)CC(=O)CC(C)OC(C)=O. The van der Waals surface area contributed by atoms with E-state index in [0.29, 0.717) is 18.8 Å². The van der Waals surface area contributed by atoms with E-state index < -0.39 is 0 Å². The molecule has 0 amide bonds. The first-order valence-corrected chi connectivity index (χ1v) is 7.90. The minimum Gasteiger partial charge on any atom is -0.462 e. The van der Waals surface area contributed by atoms with Crippen LogP contribution in [0.1, 0.15) is 73.1 Å². The number of unbranched alkanes of at least 4 members (excludes halogenated alkanes) is 1. The molecule has 2 unspecified atom stereocenters. The quantitative estimate of drug-likeness (QED) is 0.429. The van der Waals surface area contributed by atoms with Crippen molar-refractivity contribution in [2.24, 2.45) is 5.92 Å². The standard InChI is InChI=1S/C17H32O4/c1-13(9-7-8-10-17(4,5)20-6)11-16(19)12-14(2)21-15(3)18/h13-14H,7-12H2,1-6H3. The van der Waals surface area contributed by atoms with Crippen molar-refractivity contribution in [1.29, 1.82) is 0 Å². The van der Waals surface area contributed by atoms with E-state index in [4.69, 9.17) is 9.47 Å². The zero-order valence-electron chi connectivity index (χ0n) is 14.5. The third kappa shape index (κ3) is 11.4. The smallest absolute Gasteiger partial charge is 0.302 e. The summed E-state index contributed by atoms with van der Waals surface area (Å²) in [4.78, 5) is 22.7. The van der Waals surface area contributed by atoms with Crippen molar-refractivity contribution in [3.8, 4) is 0 Å². The molecule has 0 bridgehead atoms. The highest BCUT2D eigenvalue weighted by atomic mass is 16.5. The summed E-state index contributed by atoms with van der Waals surface area (Å²) in [5, 5.41) is 0. The number of carbonyl (C=O) groups is 2. The molecular formula is C17H32O4. The number of hydrogen-bond donors (Lipinski definition) is 0. The molecule has 0 N–H and O–H groups in total. The first-order chi connectivity index (χ1) is 9.66. The Labute approximate surface area is 129 Å². The maximum absolute atomic E-state index is 11.9. The van der Waals surface area contributed by atoms with Crippen molar-refractivity contribution in [1.82, 2.24) is 0 Å². The molecule has 0 rings (SSSR count). The van der Waals surface area contributed by atoms with E-state index in [2.05, 4.69) is 20.8 Å². The largest absolute Gasteiger partial charge is 0.462 e. The van der Waals surface area contributed by atoms with E-state index in [1.807, 2.05) is 0 Å². The van der Waals surface area contributed by atoms with Gasteiger partial charge in [0.25, 0.3) is 0 Å². The van der Waals surface area contributed by atoms with Crippen molar-refractivity contribution < 1.29 is 19.1 Å². The van der Waals surface area contributed by atoms with E-state index in [-0.39, 0.29) is 23.5 Å². The number of rotatable bonds is 11. The Morgan fingerprint density at radius 3 is 2.24 bits per heavy atom. The molecule has 4 nitrogen and oxygen atoms in total. The summed E-state index contributed by atoms with van der Waals surface area (Å²) >= 11 is 0. The molecule has 0 radical (unpaired) electrons. The molecule has 0 aromatic heterocycles. The summed E-state index contributed by atoms with van der Waals surface area (Å²) in [6.07, 6.45) is 4.88. The fourth-order valence-electron chi connectivity index (χ4n) is 2.37. The lowest BCUT2D eigenvalue weighted by Gasteiger charge is -2.22. The maximum Gasteiger partial charge on any atom is 0.302 e. The second-order valence-corrected chi connectivity index (χ2v) is 6.68. The Morgan fingerprint density at radius 1 is 1.10 bits per heavy atom. The van der Waals surface area contributed by atoms with E-state index >= 15 is 0 Å². The van der Waals surface area contributed by atoms with E-state index in [0.717, 1.165) is 25.7 Å². The fourth-order valence-corrected chi connectivity index (χ4v) is 2.37. The van der Waals surface area contributed by atoms with E-state index in [1.165, 1.54) is 6.92 Å². The van der Waals surface area contributed by atoms with Crippen LogP contribution < -0.4 is 0 Å². The van der Waals surface area contributed by atoms with Crippen LogP contribution in [-0.2, 0) is 19.1 Å². The van der Waals surface area contributed by atoms with Crippen LogP contribution in [0.4, 0.5) is 0 Å². The number of ether oxygens (including phenoxy) is 2. The minimum absolute atomic E-state index is 0.0570. The van der Waals surface area contributed by atoms with Crippen molar-refractivity contribution in [3.63, 3.8) is 0 Å². The van der Waals surface area contributed by atoms with Crippen LogP contribution in [0.5, 0.6) is 0 Å². The monoisotopic (exact) mass is 300 g/mol. The van der Waals surface area contributed by atoms with Crippen LogP contribution in [0, 0.1) is 5.92 Å². The number of carbonyl (C=O) groups excluding carboxylic acids is 2. The van der Waals surface area contributed by atoms with E-state index in [1.54, 1.807) is 14.0 Å². The topological polar surface area (TPSA) is 52.6 Å². The second-order valence-electron chi connectivity index (χ2n) is 6.68. The summed E-state index contributed by atoms with van der Waals surface area (Å²) < 4.78 is 10.4. The van der Waals surface area contributed by atoms with Gasteiger partial charge in [-0.05, 0) is 33.1 Å². The maximum atomic E-state index is 11.9. The average Bonchev–Trinajstić information content (AvgIpc) is 2.33. The summed E-state index contributed by atoms with van der Waals surface area (Å²) in [6.45, 7) is 9.42. The number of hydrogen-bond acceptors (Lipinski definition) is 4. The van der Waals surface area contributed by atoms with Gasteiger partial charge in [-0.3, -0.25) is 9.59 Å². The number of ketones is 1. The normalized spacial score (nSPS) is 14.6. The third-order valence-electron chi connectivity index (χ3n) is 3.74. The molecule has 4 heteroatoms. The molecule has 0 spiro atoms. The van der Waals surface area contributed by atoms with Crippen LogP contribution >= 0.6 is 0 Å². The molecule has 0 aromatic carbocycles. The van der Waals surface area contributed by atoms with Gasteiger partial charge in [-0.25, -0.2) is 0 Å². The van der Waals surface area contributed by atoms with Crippen LogP contribution in [-0.4, -0.2) is 30.6 Å². The molecule has 0 aliphatic carbocycles. The van der Waals surface area contributed by atoms with Gasteiger partial charge in [-0.15, -0.1) is 0 Å². The van der Waals surface area contributed by atoms with Crippen LogP contribution in [0.2, 0.25) is 0 Å². The molecule has 0 aliphatic heterocycles. The molecular weight excluding hydrogens is 268 g/mol. The summed E-state index contributed by atoms with van der Waals surface area (Å²) in [5.41, 5.74) is -0.0570. The van der Waals surface area contributed by atoms with Gasteiger partial charge >= 0.3 is 5.97 Å². The van der Waals surface area contributed by atoms with Crippen LogP contribution in [0.15, 0.2) is 0 Å². The second kappa shape index (κ2) is 9.93. The van der Waals surface area contributed by atoms with Crippen LogP contribution in [0.25, 0.3) is 0 Å². The first kappa shape index (κ1) is 20.1. The molecule has 2 atom stereocenters. The zero-order valence-corrected chi connectivity index (χ0v) is 14.5. The van der Waals surface area contributed by atoms with Crippen LogP contribution in [0.3, 0.4) is 0 Å². The number of esters is 1. The molecule has 0 aromatic rings. The molecule has 0 heterocycles. The lowest BCUT2D eigenvalue weighted by atomic mass is 9.93. The fraction of sp³-hybridized carbons (Fsp3) is 0.882. The lowest BCUT2D eigenvalue weighted by molar-refractivity contribution is -0.146. The van der Waals surface area contributed by atoms with Gasteiger partial charge in [0.05, 0.1) is 5.60 Å². The molecule has 124 valence electrons. The lowest BCUT2D eigenvalue weighted by Crippen LogP contribution is -2.22. The van der Waals surface area contributed by atoms with Crippen molar-refractivity contribution >= 4 is 11.8 Å². The predicted molar refractivity (Wildman–Crippen MR) is 84.2 cm³/mol. The van der Waals surface area contributed by atoms with Gasteiger partial charge in [-0.2, -0.15) is 0 Å². The highest BCUT2D eigenvalue weighted by Crippen LogP contribution is 2.20. The third-order valence-corrected chi connectivity index (χ3v) is 3.74. The average molecular weight is 300 g/mol. The number of methoxy groups -OCH3 is 1. The molecule has 0 aliphatic rings. The summed E-state index contributed by atoms with van der Waals surface area (Å²) in [5.74, 6) is 0.227. The summed E-state index contributed by atoms with van der Waals surface area (Å²) in [7, 11) is 1.74. The Kier molecular flexibility index (Phi) is 9.51. The molecule has 0 saturated carbocycles. The Hall–Kier alpha value is -0.900. The van der Waals surface area contributed by atoms with Crippen molar-refractivity contribution in [2.45, 2.75) is 84.8 Å². The first-order valence-electron chi connectivity index (χ1n) is 7.90. The van der Waals surface area contributed by atoms with Gasteiger partial charge in [0.2, 0.25) is 0 Å². The van der Waals surface area contributed by atoms with Gasteiger partial charge < -0.3 is 9.47 Å². The Bertz CT molecular complexity index is 323. The van der Waals surface area contributed by atoms with Gasteiger partial charge in [0.1, 0.15) is 11.9 Å². The highest BCUT2D eigenvalue weighted by Gasteiger charge is 2.17. The predicted octanol–water partition coefficient (Wildman–Crippen LogP) is 3.91. The van der Waals surface area contributed by atoms with Crippen molar-refractivity contribution in [3.05, 3.63) is 0 Å². The van der Waals surface area contributed by atoms with Gasteiger partial charge in [0, 0.05) is 26.9 Å². The van der Waals surface area contributed by atoms with Crippen molar-refractivity contribution in [2.75, 3.05) is 7.11 Å². The number of Topliss-reactive ketones (excluding diaryl/α,β-unsaturated/α-hetero) is 1. The van der Waals surface area contributed by atoms with Gasteiger partial charge in [0.15, 0.2) is 0 Å². The Balaban J connectivity index is 3.81. The van der Waals surface area contributed by atoms with E-state index in [9.17, 15) is 9.59 Å². The van der Waals surface area contributed by atoms with Gasteiger partial charge in [-0.1, -0.05) is 26.2 Å². The molecule has 0 saturated heterocycles.